The Hall–Kier alpha value is -0.470. The monoisotopic (exact) mass is 167 g/mol. The molecule has 0 amide bonds. The van der Waals surface area contributed by atoms with E-state index in [1.54, 1.807) is 0 Å². The molecule has 3 nitrogen and oxygen atoms in total. The topological polar surface area (TPSA) is 35.5 Å². The van der Waals surface area contributed by atoms with Crippen molar-refractivity contribution in [3.63, 3.8) is 0 Å². The van der Waals surface area contributed by atoms with Crippen LogP contribution in [0.25, 0.3) is 0 Å². The van der Waals surface area contributed by atoms with E-state index in [1.165, 1.54) is 0 Å². The maximum atomic E-state index is 11.2. The van der Waals surface area contributed by atoms with Crippen LogP contribution in [-0.2, 0) is 13.6 Å². The lowest BCUT2D eigenvalue weighted by atomic mass is 10.5. The highest BCUT2D eigenvalue weighted by Crippen LogP contribution is 2.23. The maximum absolute atomic E-state index is 11.2. The molecule has 10 heavy (non-hydrogen) atoms. The molecule has 1 unspecified atom stereocenters. The third kappa shape index (κ3) is 5.66. The second-order valence-corrected chi connectivity index (χ2v) is 2.34. The number of halogens is 1. The standard InChI is InChI=1S/C5H9FO3P/c1-2-4-8-10(7)9-5-3-6/h3,5H,2,4H2,1H3/q+1. The number of hydrogen-bond donors (Lipinski definition) is 0. The molecule has 0 heterocycles. The molecular formula is C5H9FO3P+. The summed E-state index contributed by atoms with van der Waals surface area (Å²) in [6.07, 6.45) is 1.60. The van der Waals surface area contributed by atoms with Gasteiger partial charge >= 0.3 is 8.25 Å². The first-order chi connectivity index (χ1) is 4.81. The Labute approximate surface area is 59.8 Å². The van der Waals surface area contributed by atoms with Gasteiger partial charge in [0.25, 0.3) is 0 Å². The summed E-state index contributed by atoms with van der Waals surface area (Å²) in [4.78, 5) is 0. The van der Waals surface area contributed by atoms with Crippen LogP contribution in [0, 0.1) is 0 Å². The van der Waals surface area contributed by atoms with Crippen LogP contribution < -0.4 is 0 Å². The molecule has 0 aliphatic rings. The van der Waals surface area contributed by atoms with Gasteiger partial charge in [0.1, 0.15) is 12.9 Å². The Bertz CT molecular complexity index is 126. The lowest BCUT2D eigenvalue weighted by Gasteiger charge is -1.82. The molecule has 0 radical (unpaired) electrons. The molecule has 1 atom stereocenters. The Kier molecular flexibility index (Phi) is 6.33. The minimum absolute atomic E-state index is 0.155. The van der Waals surface area contributed by atoms with Crippen molar-refractivity contribution in [3.8, 4) is 0 Å². The van der Waals surface area contributed by atoms with Crippen molar-refractivity contribution in [1.82, 2.24) is 0 Å². The quantitative estimate of drug-likeness (QED) is 0.466. The van der Waals surface area contributed by atoms with E-state index in [0.29, 0.717) is 12.9 Å². The molecular weight excluding hydrogens is 158 g/mol. The van der Waals surface area contributed by atoms with Gasteiger partial charge in [-0.05, 0) is 6.42 Å². The van der Waals surface area contributed by atoms with E-state index in [-0.39, 0.29) is 6.33 Å². The van der Waals surface area contributed by atoms with E-state index in [4.69, 9.17) is 0 Å². The first-order valence-electron chi connectivity index (χ1n) is 2.83. The molecule has 0 saturated heterocycles. The molecule has 0 aromatic rings. The van der Waals surface area contributed by atoms with Crippen LogP contribution in [0.2, 0.25) is 0 Å². The first kappa shape index (κ1) is 9.53. The van der Waals surface area contributed by atoms with E-state index in [9.17, 15) is 8.96 Å². The van der Waals surface area contributed by atoms with Gasteiger partial charge in [-0.3, -0.25) is 0 Å². The van der Waals surface area contributed by atoms with Crippen molar-refractivity contribution in [1.29, 1.82) is 0 Å². The second kappa shape index (κ2) is 6.65. The predicted molar refractivity (Wildman–Crippen MR) is 35.2 cm³/mol. The summed E-state index contributed by atoms with van der Waals surface area (Å²) in [7, 11) is -2.17. The van der Waals surface area contributed by atoms with Crippen LogP contribution in [0.15, 0.2) is 12.6 Å². The Morgan fingerprint density at radius 1 is 1.70 bits per heavy atom. The smallest absolute Gasteiger partial charge is 0.235 e. The van der Waals surface area contributed by atoms with Gasteiger partial charge in [-0.2, -0.15) is 0 Å². The molecule has 0 fully saturated rings. The molecule has 5 heteroatoms. The summed E-state index contributed by atoms with van der Waals surface area (Å²) in [6.45, 7) is 2.23. The zero-order valence-corrected chi connectivity index (χ0v) is 6.51. The van der Waals surface area contributed by atoms with Gasteiger partial charge in [0, 0.05) is 4.57 Å². The van der Waals surface area contributed by atoms with Gasteiger partial charge in [0.2, 0.25) is 0 Å². The third-order valence-corrected chi connectivity index (χ3v) is 1.29. The van der Waals surface area contributed by atoms with Crippen LogP contribution in [0.3, 0.4) is 0 Å². The van der Waals surface area contributed by atoms with E-state index < -0.39 is 8.25 Å². The third-order valence-electron chi connectivity index (χ3n) is 0.599. The van der Waals surface area contributed by atoms with Gasteiger partial charge in [0.15, 0.2) is 6.26 Å². The Morgan fingerprint density at radius 2 is 2.40 bits per heavy atom. The molecule has 0 bridgehead atoms. The van der Waals surface area contributed by atoms with Crippen LogP contribution in [0.5, 0.6) is 0 Å². The van der Waals surface area contributed by atoms with Gasteiger partial charge in [-0.1, -0.05) is 6.92 Å². The van der Waals surface area contributed by atoms with E-state index in [0.717, 1.165) is 6.42 Å². The van der Waals surface area contributed by atoms with Gasteiger partial charge < -0.3 is 0 Å². The fraction of sp³-hybridized carbons (Fsp3) is 0.600. The Morgan fingerprint density at radius 3 is 2.90 bits per heavy atom. The zero-order valence-electron chi connectivity index (χ0n) is 5.62. The summed E-state index contributed by atoms with van der Waals surface area (Å²) in [5.74, 6) is 0. The van der Waals surface area contributed by atoms with Gasteiger partial charge in [-0.25, -0.2) is 8.91 Å². The molecule has 0 aromatic heterocycles. The van der Waals surface area contributed by atoms with Crippen molar-refractivity contribution in [2.75, 3.05) is 6.61 Å². The van der Waals surface area contributed by atoms with Crippen molar-refractivity contribution < 1.29 is 18.0 Å². The number of hydrogen-bond acceptors (Lipinski definition) is 3. The van der Waals surface area contributed by atoms with Crippen molar-refractivity contribution in [3.05, 3.63) is 12.6 Å². The Balaban J connectivity index is 3.25. The summed E-state index contributed by atoms with van der Waals surface area (Å²) >= 11 is 0. The molecule has 0 rings (SSSR count). The summed E-state index contributed by atoms with van der Waals surface area (Å²) in [6, 6.07) is 0. The van der Waals surface area contributed by atoms with Gasteiger partial charge in [0.05, 0.1) is 0 Å². The van der Waals surface area contributed by atoms with Crippen LogP contribution in [-0.4, -0.2) is 6.61 Å². The molecule has 0 spiro atoms. The first-order valence-corrected chi connectivity index (χ1v) is 3.93. The minimum atomic E-state index is -2.17. The zero-order chi connectivity index (χ0) is 7.82. The molecule has 0 aliphatic heterocycles. The molecule has 0 N–H and O–H groups in total. The van der Waals surface area contributed by atoms with Crippen molar-refractivity contribution in [2.24, 2.45) is 0 Å². The SMILES string of the molecule is CCCO[P+](=O)OC=CF. The normalized spacial score (nSPS) is 12.0. The van der Waals surface area contributed by atoms with Crippen LogP contribution >= 0.6 is 8.25 Å². The lowest BCUT2D eigenvalue weighted by molar-refractivity contribution is 0.270. The summed E-state index contributed by atoms with van der Waals surface area (Å²) in [5, 5.41) is 0. The lowest BCUT2D eigenvalue weighted by Crippen LogP contribution is -1.82. The second-order valence-electron chi connectivity index (χ2n) is 1.42. The van der Waals surface area contributed by atoms with E-state index >= 15 is 0 Å². The molecule has 58 valence electrons. The van der Waals surface area contributed by atoms with E-state index in [1.807, 2.05) is 6.92 Å². The molecule has 0 aromatic carbocycles. The summed E-state index contributed by atoms with van der Waals surface area (Å²) in [5.41, 5.74) is 0. The highest BCUT2D eigenvalue weighted by atomic mass is 31.1. The maximum Gasteiger partial charge on any atom is 0.749 e. The van der Waals surface area contributed by atoms with Crippen LogP contribution in [0.4, 0.5) is 4.39 Å². The van der Waals surface area contributed by atoms with Crippen LogP contribution in [0.1, 0.15) is 13.3 Å². The highest BCUT2D eigenvalue weighted by molar-refractivity contribution is 7.33. The fourth-order valence-corrected chi connectivity index (χ4v) is 0.807. The van der Waals surface area contributed by atoms with Crippen molar-refractivity contribution in [2.45, 2.75) is 13.3 Å². The molecule has 0 aliphatic carbocycles. The largest absolute Gasteiger partial charge is 0.749 e. The molecule has 0 saturated carbocycles. The minimum Gasteiger partial charge on any atom is -0.235 e. The average molecular weight is 167 g/mol. The fourth-order valence-electron chi connectivity index (χ4n) is 0.269. The highest BCUT2D eigenvalue weighted by Gasteiger charge is 2.17. The number of rotatable bonds is 5. The predicted octanol–water partition coefficient (Wildman–Crippen LogP) is 2.53. The summed E-state index contributed by atoms with van der Waals surface area (Å²) < 4.78 is 30.4. The van der Waals surface area contributed by atoms with E-state index in [2.05, 4.69) is 9.05 Å². The van der Waals surface area contributed by atoms with Crippen molar-refractivity contribution >= 4 is 8.25 Å². The average Bonchev–Trinajstić information content (AvgIpc) is 1.97. The van der Waals surface area contributed by atoms with Gasteiger partial charge in [-0.15, -0.1) is 4.52 Å².